The normalized spacial score (nSPS) is 11.1. The number of hydrogen-bond acceptors (Lipinski definition) is 3. The molecule has 0 aliphatic heterocycles. The summed E-state index contributed by atoms with van der Waals surface area (Å²) in [7, 11) is 3.38. The molecule has 0 bridgehead atoms. The number of fused-ring (bicyclic) bond motifs is 1. The molecule has 0 radical (unpaired) electrons. The Balaban J connectivity index is 1.49. The molecule has 1 aromatic heterocycles. The molecule has 5 aromatic rings. The van der Waals surface area contributed by atoms with E-state index in [4.69, 9.17) is 21.1 Å². The van der Waals surface area contributed by atoms with Gasteiger partial charge < -0.3 is 18.9 Å². The van der Waals surface area contributed by atoms with E-state index in [1.54, 1.807) is 19.1 Å². The second-order valence-corrected chi connectivity index (χ2v) is 10.8. The van der Waals surface area contributed by atoms with Crippen LogP contribution in [-0.4, -0.2) is 29.5 Å². The number of carbonyl (C=O) groups excluding carboxylic acids is 1. The van der Waals surface area contributed by atoms with Gasteiger partial charge in [0.1, 0.15) is 23.1 Å². The van der Waals surface area contributed by atoms with E-state index in [9.17, 15) is 9.18 Å². The maximum absolute atomic E-state index is 14.0. The number of nitrogens with zero attached hydrogens (tertiary/aromatic N) is 2. The minimum Gasteiger partial charge on any atom is -0.497 e. The number of aromatic nitrogens is 1. The highest BCUT2D eigenvalue weighted by Crippen LogP contribution is 2.34. The van der Waals surface area contributed by atoms with E-state index in [2.05, 4.69) is 32.6 Å². The molecule has 204 valence electrons. The van der Waals surface area contributed by atoms with Gasteiger partial charge in [-0.05, 0) is 55.0 Å². The third-order valence-corrected chi connectivity index (χ3v) is 7.61. The Morgan fingerprint density at radius 1 is 1.00 bits per heavy atom. The first-order valence-corrected chi connectivity index (χ1v) is 13.8. The van der Waals surface area contributed by atoms with Gasteiger partial charge in [-0.25, -0.2) is 4.39 Å². The standard InChI is InChI=1S/C32H27BrClFN2O3/c1-20-31(26-16-24(39-3)12-14-29(26)37(20)18-21-7-5-4-6-8-21)32(38)36(2)19-22-9-10-23(33)15-30(22)40-25-11-13-28(35)27(34)17-25/h4-17H,18-19H2,1-3H3. The summed E-state index contributed by atoms with van der Waals surface area (Å²) in [6, 6.07) is 25.8. The molecule has 5 rings (SSSR count). The third-order valence-electron chi connectivity index (χ3n) is 6.83. The highest BCUT2D eigenvalue weighted by Gasteiger charge is 2.24. The lowest BCUT2D eigenvalue weighted by molar-refractivity contribution is 0.0785. The van der Waals surface area contributed by atoms with Crippen molar-refractivity contribution >= 4 is 44.3 Å². The monoisotopic (exact) mass is 620 g/mol. The van der Waals surface area contributed by atoms with Gasteiger partial charge in [0, 0.05) is 52.8 Å². The van der Waals surface area contributed by atoms with Gasteiger partial charge >= 0.3 is 0 Å². The fourth-order valence-electron chi connectivity index (χ4n) is 4.77. The Morgan fingerprint density at radius 2 is 1.75 bits per heavy atom. The van der Waals surface area contributed by atoms with Gasteiger partial charge in [0.2, 0.25) is 0 Å². The van der Waals surface area contributed by atoms with Crippen molar-refractivity contribution < 1.29 is 18.7 Å². The fourth-order valence-corrected chi connectivity index (χ4v) is 5.28. The molecular weight excluding hydrogens is 595 g/mol. The van der Waals surface area contributed by atoms with Crippen LogP contribution in [0.3, 0.4) is 0 Å². The van der Waals surface area contributed by atoms with Gasteiger partial charge in [0.15, 0.2) is 0 Å². The molecule has 0 unspecified atom stereocenters. The quantitative estimate of drug-likeness (QED) is 0.174. The van der Waals surface area contributed by atoms with E-state index in [0.29, 0.717) is 29.4 Å². The lowest BCUT2D eigenvalue weighted by Crippen LogP contribution is -2.27. The molecule has 0 fully saturated rings. The first kappa shape index (κ1) is 27.7. The van der Waals surface area contributed by atoms with Gasteiger partial charge in [-0.1, -0.05) is 63.9 Å². The highest BCUT2D eigenvalue weighted by molar-refractivity contribution is 9.10. The minimum absolute atomic E-state index is 0.0286. The average Bonchev–Trinajstić information content (AvgIpc) is 3.22. The second-order valence-electron chi connectivity index (χ2n) is 9.51. The number of halogens is 3. The van der Waals surface area contributed by atoms with Gasteiger partial charge in [-0.2, -0.15) is 0 Å². The van der Waals surface area contributed by atoms with Crippen molar-refractivity contribution in [3.8, 4) is 17.2 Å². The Kier molecular flexibility index (Phi) is 8.14. The van der Waals surface area contributed by atoms with Crippen LogP contribution >= 0.6 is 27.5 Å². The summed E-state index contributed by atoms with van der Waals surface area (Å²) in [4.78, 5) is 15.7. The summed E-state index contributed by atoms with van der Waals surface area (Å²) in [5.41, 5.74) is 4.38. The summed E-state index contributed by atoms with van der Waals surface area (Å²) in [6.07, 6.45) is 0. The number of benzene rings is 4. The maximum atomic E-state index is 14.0. The van der Waals surface area contributed by atoms with Crippen molar-refractivity contribution in [2.75, 3.05) is 14.2 Å². The van der Waals surface area contributed by atoms with E-state index < -0.39 is 5.82 Å². The number of ether oxygens (including phenoxy) is 2. The van der Waals surface area contributed by atoms with Crippen molar-refractivity contribution in [3.05, 3.63) is 123 Å². The molecule has 4 aromatic carbocycles. The second kappa shape index (κ2) is 11.7. The van der Waals surface area contributed by atoms with E-state index in [1.165, 1.54) is 18.2 Å². The van der Waals surface area contributed by atoms with E-state index >= 15 is 0 Å². The predicted octanol–water partition coefficient (Wildman–Crippen LogP) is 8.63. The van der Waals surface area contributed by atoms with Crippen molar-refractivity contribution in [3.63, 3.8) is 0 Å². The first-order chi connectivity index (χ1) is 19.2. The zero-order valence-electron chi connectivity index (χ0n) is 22.3. The van der Waals surface area contributed by atoms with E-state index in [-0.39, 0.29) is 17.5 Å². The Morgan fingerprint density at radius 3 is 2.48 bits per heavy atom. The van der Waals surface area contributed by atoms with Gasteiger partial charge in [-0.3, -0.25) is 4.79 Å². The number of amides is 1. The molecule has 0 saturated heterocycles. The van der Waals surface area contributed by atoms with Crippen LogP contribution in [-0.2, 0) is 13.1 Å². The van der Waals surface area contributed by atoms with Crippen molar-refractivity contribution in [1.29, 1.82) is 0 Å². The third kappa shape index (κ3) is 5.71. The zero-order valence-corrected chi connectivity index (χ0v) is 24.6. The smallest absolute Gasteiger partial charge is 0.256 e. The minimum atomic E-state index is -0.521. The van der Waals surface area contributed by atoms with E-state index in [0.717, 1.165) is 32.2 Å². The van der Waals surface area contributed by atoms with Crippen LogP contribution in [0.25, 0.3) is 10.9 Å². The van der Waals surface area contributed by atoms with Crippen LogP contribution in [0.2, 0.25) is 5.02 Å². The molecular formula is C32H27BrClFN2O3. The lowest BCUT2D eigenvalue weighted by atomic mass is 10.1. The summed E-state index contributed by atoms with van der Waals surface area (Å²) in [5.74, 6) is 0.962. The highest BCUT2D eigenvalue weighted by atomic mass is 79.9. The largest absolute Gasteiger partial charge is 0.497 e. The molecule has 1 heterocycles. The summed E-state index contributed by atoms with van der Waals surface area (Å²) in [6.45, 7) is 2.89. The summed E-state index contributed by atoms with van der Waals surface area (Å²) < 4.78 is 28.2. The number of carbonyl (C=O) groups is 1. The Labute approximate surface area is 245 Å². The van der Waals surface area contributed by atoms with Gasteiger partial charge in [0.25, 0.3) is 5.91 Å². The van der Waals surface area contributed by atoms with Crippen LogP contribution in [0.1, 0.15) is 27.2 Å². The Hall–Kier alpha value is -3.81. The predicted molar refractivity (Wildman–Crippen MR) is 160 cm³/mol. The van der Waals surface area contributed by atoms with Crippen LogP contribution in [0.15, 0.2) is 89.4 Å². The molecule has 40 heavy (non-hydrogen) atoms. The van der Waals surface area contributed by atoms with Gasteiger partial charge in [-0.15, -0.1) is 0 Å². The van der Waals surface area contributed by atoms with E-state index in [1.807, 2.05) is 61.5 Å². The van der Waals surface area contributed by atoms with Crippen LogP contribution in [0.4, 0.5) is 4.39 Å². The molecule has 8 heteroatoms. The number of rotatable bonds is 8. The van der Waals surface area contributed by atoms with Crippen LogP contribution < -0.4 is 9.47 Å². The molecule has 0 saturated carbocycles. The van der Waals surface area contributed by atoms with Crippen LogP contribution in [0.5, 0.6) is 17.2 Å². The van der Waals surface area contributed by atoms with Crippen LogP contribution in [0, 0.1) is 12.7 Å². The molecule has 0 aliphatic carbocycles. The van der Waals surface area contributed by atoms with Crippen molar-refractivity contribution in [2.45, 2.75) is 20.0 Å². The molecule has 1 amide bonds. The molecule has 0 atom stereocenters. The van der Waals surface area contributed by atoms with Gasteiger partial charge in [0.05, 0.1) is 17.7 Å². The molecule has 5 nitrogen and oxygen atoms in total. The molecule has 0 aliphatic rings. The fraction of sp³-hybridized carbons (Fsp3) is 0.156. The number of hydrogen-bond donors (Lipinski definition) is 0. The number of methoxy groups -OCH3 is 1. The zero-order chi connectivity index (χ0) is 28.4. The summed E-state index contributed by atoms with van der Waals surface area (Å²) in [5, 5.41) is 0.803. The first-order valence-electron chi connectivity index (χ1n) is 12.6. The Bertz CT molecular complexity index is 1700. The van der Waals surface area contributed by atoms with Crippen molar-refractivity contribution in [2.24, 2.45) is 0 Å². The molecule has 0 N–H and O–H groups in total. The maximum Gasteiger partial charge on any atom is 0.256 e. The summed E-state index contributed by atoms with van der Waals surface area (Å²) >= 11 is 9.44. The SMILES string of the molecule is COc1ccc2c(c1)c(C(=O)N(C)Cc1ccc(Br)cc1Oc1ccc(F)c(Cl)c1)c(C)n2Cc1ccccc1. The topological polar surface area (TPSA) is 43.7 Å². The average molecular weight is 622 g/mol. The van der Waals surface area contributed by atoms with Crippen molar-refractivity contribution in [1.82, 2.24) is 9.47 Å². The molecule has 0 spiro atoms. The lowest BCUT2D eigenvalue weighted by Gasteiger charge is -2.20.